The fourth-order valence-corrected chi connectivity index (χ4v) is 2.66. The maximum atomic E-state index is 10.8. The summed E-state index contributed by atoms with van der Waals surface area (Å²) in [4.78, 5) is 10.8. The summed E-state index contributed by atoms with van der Waals surface area (Å²) >= 11 is 1.45. The second kappa shape index (κ2) is 4.23. The number of benzene rings is 2. The van der Waals surface area contributed by atoms with Gasteiger partial charge in [-0.3, -0.25) is 0 Å². The summed E-state index contributed by atoms with van der Waals surface area (Å²) in [5.74, 6) is -0.912. The van der Waals surface area contributed by atoms with Crippen molar-refractivity contribution in [2.24, 2.45) is 0 Å². The van der Waals surface area contributed by atoms with Gasteiger partial charge in [-0.1, -0.05) is 30.3 Å². The number of carboxylic acid groups (broad SMARTS) is 1. The summed E-state index contributed by atoms with van der Waals surface area (Å²) in [7, 11) is 0. The molecule has 2 aromatic carbocycles. The number of aromatic nitrogens is 1. The van der Waals surface area contributed by atoms with Gasteiger partial charge < -0.3 is 5.11 Å². The molecule has 0 radical (unpaired) electrons. The number of carboxylic acids is 1. The average molecular weight is 255 g/mol. The molecule has 0 bridgehead atoms. The molecule has 1 aromatic heterocycles. The minimum absolute atomic E-state index is 0.290. The molecule has 1 N–H and O–H groups in total. The molecule has 0 amide bonds. The van der Waals surface area contributed by atoms with Crippen LogP contribution in [-0.4, -0.2) is 15.4 Å². The predicted molar refractivity (Wildman–Crippen MR) is 72.0 cm³/mol. The van der Waals surface area contributed by atoms with Crippen LogP contribution < -0.4 is 0 Å². The highest BCUT2D eigenvalue weighted by Crippen LogP contribution is 2.30. The fourth-order valence-electron chi connectivity index (χ4n) is 1.86. The molecule has 0 atom stereocenters. The molecule has 4 heteroatoms. The van der Waals surface area contributed by atoms with E-state index >= 15 is 0 Å². The number of carbonyl (C=O) groups is 1. The van der Waals surface area contributed by atoms with Gasteiger partial charge in [0, 0.05) is 10.9 Å². The number of rotatable bonds is 2. The van der Waals surface area contributed by atoms with Gasteiger partial charge in [-0.2, -0.15) is 4.37 Å². The van der Waals surface area contributed by atoms with E-state index in [1.54, 1.807) is 24.3 Å². The standard InChI is InChI=1S/C14H9NO2S/c16-14(17)10-7-5-9(6-8-10)13-11-3-1-2-4-12(11)18-15-13/h1-8H,(H,16,17). The first-order valence-electron chi connectivity index (χ1n) is 5.44. The Labute approximate surface area is 107 Å². The van der Waals surface area contributed by atoms with Crippen molar-refractivity contribution in [2.45, 2.75) is 0 Å². The zero-order chi connectivity index (χ0) is 12.5. The van der Waals surface area contributed by atoms with E-state index in [0.29, 0.717) is 5.56 Å². The van der Waals surface area contributed by atoms with Crippen LogP contribution in [0.1, 0.15) is 10.4 Å². The molecule has 88 valence electrons. The molecule has 3 nitrogen and oxygen atoms in total. The Balaban J connectivity index is 2.12. The Morgan fingerprint density at radius 3 is 2.50 bits per heavy atom. The smallest absolute Gasteiger partial charge is 0.335 e. The molecule has 18 heavy (non-hydrogen) atoms. The monoisotopic (exact) mass is 255 g/mol. The third-order valence-electron chi connectivity index (χ3n) is 2.78. The first-order valence-corrected chi connectivity index (χ1v) is 6.21. The highest BCUT2D eigenvalue weighted by molar-refractivity contribution is 7.13. The van der Waals surface area contributed by atoms with Crippen molar-refractivity contribution in [1.82, 2.24) is 4.37 Å². The van der Waals surface area contributed by atoms with Crippen molar-refractivity contribution in [1.29, 1.82) is 0 Å². The minimum atomic E-state index is -0.912. The summed E-state index contributed by atoms with van der Waals surface area (Å²) in [5.41, 5.74) is 2.14. The van der Waals surface area contributed by atoms with Gasteiger partial charge in [0.05, 0.1) is 16.0 Å². The molecule has 0 fully saturated rings. The van der Waals surface area contributed by atoms with Crippen molar-refractivity contribution >= 4 is 27.6 Å². The largest absolute Gasteiger partial charge is 0.478 e. The predicted octanol–water partition coefficient (Wildman–Crippen LogP) is 3.66. The van der Waals surface area contributed by atoms with Crippen molar-refractivity contribution in [3.05, 3.63) is 54.1 Å². The Kier molecular flexibility index (Phi) is 2.57. The van der Waals surface area contributed by atoms with Crippen molar-refractivity contribution in [3.8, 4) is 11.3 Å². The maximum absolute atomic E-state index is 10.8. The van der Waals surface area contributed by atoms with Crippen LogP contribution in [-0.2, 0) is 0 Å². The number of aromatic carboxylic acids is 1. The van der Waals surface area contributed by atoms with Crippen molar-refractivity contribution < 1.29 is 9.90 Å². The zero-order valence-corrected chi connectivity index (χ0v) is 10.1. The SMILES string of the molecule is O=C(O)c1ccc(-c2nsc3ccccc23)cc1. The van der Waals surface area contributed by atoms with E-state index in [4.69, 9.17) is 5.11 Å². The first kappa shape index (κ1) is 10.9. The lowest BCUT2D eigenvalue weighted by Crippen LogP contribution is -1.94. The molecular weight excluding hydrogens is 246 g/mol. The lowest BCUT2D eigenvalue weighted by atomic mass is 10.1. The highest BCUT2D eigenvalue weighted by atomic mass is 32.1. The van der Waals surface area contributed by atoms with Crippen LogP contribution in [0.15, 0.2) is 48.5 Å². The van der Waals surface area contributed by atoms with Crippen LogP contribution in [0.2, 0.25) is 0 Å². The summed E-state index contributed by atoms with van der Waals surface area (Å²) < 4.78 is 5.57. The van der Waals surface area contributed by atoms with Gasteiger partial charge in [0.25, 0.3) is 0 Å². The molecule has 3 rings (SSSR count). The van der Waals surface area contributed by atoms with Crippen molar-refractivity contribution in [2.75, 3.05) is 0 Å². The molecule has 0 aliphatic heterocycles. The van der Waals surface area contributed by atoms with E-state index in [1.807, 2.05) is 24.3 Å². The van der Waals surface area contributed by atoms with Gasteiger partial charge in [0.2, 0.25) is 0 Å². The molecule has 0 saturated heterocycles. The van der Waals surface area contributed by atoms with Crippen LogP contribution in [0.25, 0.3) is 21.3 Å². The quantitative estimate of drug-likeness (QED) is 0.760. The zero-order valence-electron chi connectivity index (χ0n) is 9.33. The van der Waals surface area contributed by atoms with Crippen LogP contribution >= 0.6 is 11.5 Å². The Hall–Kier alpha value is -2.20. The summed E-state index contributed by atoms with van der Waals surface area (Å²) in [6, 6.07) is 14.8. The summed E-state index contributed by atoms with van der Waals surface area (Å²) in [6.45, 7) is 0. The minimum Gasteiger partial charge on any atom is -0.478 e. The normalized spacial score (nSPS) is 10.7. The Morgan fingerprint density at radius 1 is 1.06 bits per heavy atom. The highest BCUT2D eigenvalue weighted by Gasteiger charge is 2.09. The van der Waals surface area contributed by atoms with Gasteiger partial charge in [0.1, 0.15) is 0 Å². The van der Waals surface area contributed by atoms with E-state index < -0.39 is 5.97 Å². The van der Waals surface area contributed by atoms with E-state index in [1.165, 1.54) is 11.5 Å². The average Bonchev–Trinajstić information content (AvgIpc) is 2.82. The number of hydrogen-bond acceptors (Lipinski definition) is 3. The number of hydrogen-bond donors (Lipinski definition) is 1. The van der Waals surface area contributed by atoms with E-state index in [9.17, 15) is 4.79 Å². The lowest BCUT2D eigenvalue weighted by Gasteiger charge is -1.99. The van der Waals surface area contributed by atoms with Crippen molar-refractivity contribution in [3.63, 3.8) is 0 Å². The number of nitrogens with zero attached hydrogens (tertiary/aromatic N) is 1. The molecule has 1 heterocycles. The topological polar surface area (TPSA) is 50.2 Å². The van der Waals surface area contributed by atoms with Gasteiger partial charge in [-0.15, -0.1) is 0 Å². The van der Waals surface area contributed by atoms with Gasteiger partial charge >= 0.3 is 5.97 Å². The summed E-state index contributed by atoms with van der Waals surface area (Å²) in [5, 5.41) is 9.97. The molecule has 3 aromatic rings. The van der Waals surface area contributed by atoms with Crippen LogP contribution in [0.4, 0.5) is 0 Å². The second-order valence-corrected chi connectivity index (χ2v) is 4.71. The Bertz CT molecular complexity index is 716. The molecule has 0 spiro atoms. The lowest BCUT2D eigenvalue weighted by molar-refractivity contribution is 0.0697. The third-order valence-corrected chi connectivity index (χ3v) is 3.61. The van der Waals surface area contributed by atoms with E-state index in [-0.39, 0.29) is 0 Å². The summed E-state index contributed by atoms with van der Waals surface area (Å²) in [6.07, 6.45) is 0. The van der Waals surface area contributed by atoms with Gasteiger partial charge in [-0.05, 0) is 29.7 Å². The first-order chi connectivity index (χ1) is 8.75. The molecule has 0 aliphatic rings. The van der Waals surface area contributed by atoms with E-state index in [0.717, 1.165) is 21.3 Å². The maximum Gasteiger partial charge on any atom is 0.335 e. The second-order valence-electron chi connectivity index (χ2n) is 3.91. The molecule has 0 unspecified atom stereocenters. The van der Waals surface area contributed by atoms with Gasteiger partial charge in [0.15, 0.2) is 0 Å². The number of fused-ring (bicyclic) bond motifs is 1. The molecule has 0 aliphatic carbocycles. The van der Waals surface area contributed by atoms with E-state index in [2.05, 4.69) is 4.37 Å². The van der Waals surface area contributed by atoms with Crippen LogP contribution in [0, 0.1) is 0 Å². The van der Waals surface area contributed by atoms with Gasteiger partial charge in [-0.25, -0.2) is 4.79 Å². The fraction of sp³-hybridized carbons (Fsp3) is 0. The Morgan fingerprint density at radius 2 is 1.78 bits per heavy atom. The van der Waals surface area contributed by atoms with Crippen LogP contribution in [0.3, 0.4) is 0 Å². The third kappa shape index (κ3) is 1.76. The molecular formula is C14H9NO2S. The van der Waals surface area contributed by atoms with Crippen LogP contribution in [0.5, 0.6) is 0 Å². The molecule has 0 saturated carbocycles.